The molecule has 63 valence electrons. The lowest BCUT2D eigenvalue weighted by molar-refractivity contribution is 1.07. The SMILES string of the molecule is [CH2]C(C=C)c1cc(C)ccc1I. The van der Waals surface area contributed by atoms with Gasteiger partial charge in [-0.3, -0.25) is 0 Å². The summed E-state index contributed by atoms with van der Waals surface area (Å²) < 4.78 is 1.26. The van der Waals surface area contributed by atoms with Gasteiger partial charge in [-0.1, -0.05) is 23.8 Å². The number of rotatable bonds is 2. The Kier molecular flexibility index (Phi) is 3.32. The molecule has 0 aliphatic heterocycles. The molecule has 0 heterocycles. The highest BCUT2D eigenvalue weighted by Gasteiger charge is 2.04. The van der Waals surface area contributed by atoms with Gasteiger partial charge in [0.05, 0.1) is 0 Å². The van der Waals surface area contributed by atoms with Crippen LogP contribution in [-0.4, -0.2) is 0 Å². The van der Waals surface area contributed by atoms with E-state index in [-0.39, 0.29) is 5.92 Å². The highest BCUT2D eigenvalue weighted by molar-refractivity contribution is 14.1. The van der Waals surface area contributed by atoms with Crippen molar-refractivity contribution in [1.82, 2.24) is 0 Å². The summed E-state index contributed by atoms with van der Waals surface area (Å²) in [5.74, 6) is 0.205. The number of hydrogen-bond donors (Lipinski definition) is 0. The van der Waals surface area contributed by atoms with Gasteiger partial charge in [0.1, 0.15) is 0 Å². The number of aryl methyl sites for hydroxylation is 1. The summed E-state index contributed by atoms with van der Waals surface area (Å²) in [7, 11) is 0. The normalized spacial score (nSPS) is 12.6. The lowest BCUT2D eigenvalue weighted by Crippen LogP contribution is -1.93. The maximum absolute atomic E-state index is 4.01. The molecule has 0 aliphatic rings. The van der Waals surface area contributed by atoms with Gasteiger partial charge in [-0.05, 0) is 48.1 Å². The Labute approximate surface area is 87.8 Å². The quantitative estimate of drug-likeness (QED) is 0.568. The largest absolute Gasteiger partial charge is 0.102 e. The molecule has 0 saturated carbocycles. The van der Waals surface area contributed by atoms with Gasteiger partial charge in [0.2, 0.25) is 0 Å². The second-order valence-corrected chi connectivity index (χ2v) is 4.03. The second-order valence-electron chi connectivity index (χ2n) is 2.87. The van der Waals surface area contributed by atoms with Crippen LogP contribution >= 0.6 is 22.6 Å². The van der Waals surface area contributed by atoms with Crippen LogP contribution in [0.1, 0.15) is 17.0 Å². The molecule has 0 spiro atoms. The Balaban J connectivity index is 3.12. The van der Waals surface area contributed by atoms with Crippen molar-refractivity contribution in [3.8, 4) is 0 Å². The molecule has 0 fully saturated rings. The molecule has 1 radical (unpaired) electrons. The maximum Gasteiger partial charge on any atom is 0.0168 e. The van der Waals surface area contributed by atoms with E-state index < -0.39 is 0 Å². The smallest absolute Gasteiger partial charge is 0.0168 e. The molecule has 1 aromatic rings. The van der Waals surface area contributed by atoms with E-state index in [4.69, 9.17) is 0 Å². The fraction of sp³-hybridized carbons (Fsp3) is 0.182. The van der Waals surface area contributed by atoms with Crippen molar-refractivity contribution < 1.29 is 0 Å². The number of allylic oxidation sites excluding steroid dienone is 1. The zero-order chi connectivity index (χ0) is 9.14. The van der Waals surface area contributed by atoms with E-state index in [0.29, 0.717) is 0 Å². The molecule has 0 aliphatic carbocycles. The topological polar surface area (TPSA) is 0 Å². The zero-order valence-corrected chi connectivity index (χ0v) is 9.34. The van der Waals surface area contributed by atoms with Crippen molar-refractivity contribution in [3.63, 3.8) is 0 Å². The first-order chi connectivity index (χ1) is 5.65. The number of halogens is 1. The summed E-state index contributed by atoms with van der Waals surface area (Å²) in [5.41, 5.74) is 2.55. The van der Waals surface area contributed by atoms with Crippen LogP contribution in [0.25, 0.3) is 0 Å². The average molecular weight is 271 g/mol. The molecular formula is C11H12I. The maximum atomic E-state index is 4.01. The molecule has 0 aromatic heterocycles. The van der Waals surface area contributed by atoms with Crippen molar-refractivity contribution in [1.29, 1.82) is 0 Å². The first-order valence-corrected chi connectivity index (χ1v) is 4.94. The van der Waals surface area contributed by atoms with E-state index in [1.165, 1.54) is 14.7 Å². The molecule has 1 aromatic carbocycles. The van der Waals surface area contributed by atoms with E-state index in [1.54, 1.807) is 0 Å². The molecule has 12 heavy (non-hydrogen) atoms. The summed E-state index contributed by atoms with van der Waals surface area (Å²) in [6, 6.07) is 6.40. The third kappa shape index (κ3) is 2.09. The summed E-state index contributed by atoms with van der Waals surface area (Å²) in [5, 5.41) is 0. The molecule has 0 nitrogen and oxygen atoms in total. The molecule has 0 N–H and O–H groups in total. The van der Waals surface area contributed by atoms with E-state index >= 15 is 0 Å². The molecule has 1 heteroatoms. The molecule has 1 rings (SSSR count). The van der Waals surface area contributed by atoms with Crippen LogP contribution in [-0.2, 0) is 0 Å². The summed E-state index contributed by atoms with van der Waals surface area (Å²) in [6.07, 6.45) is 1.87. The minimum absolute atomic E-state index is 0.205. The zero-order valence-electron chi connectivity index (χ0n) is 7.18. The minimum atomic E-state index is 0.205. The van der Waals surface area contributed by atoms with Gasteiger partial charge in [0.15, 0.2) is 0 Å². The standard InChI is InChI=1S/C11H12I/c1-4-9(3)10-7-8(2)5-6-11(10)12/h4-7,9H,1,3H2,2H3. The fourth-order valence-corrected chi connectivity index (χ4v) is 1.81. The average Bonchev–Trinajstić information content (AvgIpc) is 2.08. The van der Waals surface area contributed by atoms with Crippen molar-refractivity contribution in [2.45, 2.75) is 12.8 Å². The molecule has 1 atom stereocenters. The van der Waals surface area contributed by atoms with Gasteiger partial charge in [0, 0.05) is 9.49 Å². The first-order valence-electron chi connectivity index (χ1n) is 3.87. The van der Waals surface area contributed by atoms with Crippen LogP contribution in [0, 0.1) is 17.4 Å². The van der Waals surface area contributed by atoms with Gasteiger partial charge >= 0.3 is 0 Å². The summed E-state index contributed by atoms with van der Waals surface area (Å²) in [4.78, 5) is 0. The summed E-state index contributed by atoms with van der Waals surface area (Å²) >= 11 is 2.33. The molecular weight excluding hydrogens is 259 g/mol. The lowest BCUT2D eigenvalue weighted by Gasteiger charge is -2.09. The molecule has 0 saturated heterocycles. The predicted molar refractivity (Wildman–Crippen MR) is 62.2 cm³/mol. The predicted octanol–water partition coefficient (Wildman–Crippen LogP) is 3.70. The minimum Gasteiger partial charge on any atom is -0.102 e. The number of hydrogen-bond acceptors (Lipinski definition) is 0. The molecule has 0 amide bonds. The lowest BCUT2D eigenvalue weighted by atomic mass is 10.00. The van der Waals surface area contributed by atoms with E-state index in [0.717, 1.165) is 0 Å². The highest BCUT2D eigenvalue weighted by Crippen LogP contribution is 2.22. The van der Waals surface area contributed by atoms with Crippen molar-refractivity contribution in [2.75, 3.05) is 0 Å². The Morgan fingerprint density at radius 2 is 2.17 bits per heavy atom. The third-order valence-electron chi connectivity index (χ3n) is 1.84. The Morgan fingerprint density at radius 1 is 1.50 bits per heavy atom. The monoisotopic (exact) mass is 271 g/mol. The summed E-state index contributed by atoms with van der Waals surface area (Å²) in [6.45, 7) is 9.84. The van der Waals surface area contributed by atoms with Crippen LogP contribution in [0.2, 0.25) is 0 Å². The van der Waals surface area contributed by atoms with Crippen molar-refractivity contribution in [3.05, 3.63) is 52.5 Å². The third-order valence-corrected chi connectivity index (χ3v) is 2.82. The Hall–Kier alpha value is -0.310. The van der Waals surface area contributed by atoms with Gasteiger partial charge in [-0.15, -0.1) is 6.58 Å². The molecule has 0 bridgehead atoms. The first kappa shape index (κ1) is 9.78. The van der Waals surface area contributed by atoms with Crippen LogP contribution in [0.15, 0.2) is 30.9 Å². The Bertz CT molecular complexity index is 289. The van der Waals surface area contributed by atoms with Gasteiger partial charge in [-0.25, -0.2) is 0 Å². The van der Waals surface area contributed by atoms with Crippen LogP contribution in [0.4, 0.5) is 0 Å². The van der Waals surface area contributed by atoms with E-state index in [2.05, 4.69) is 61.2 Å². The van der Waals surface area contributed by atoms with Crippen LogP contribution in [0.5, 0.6) is 0 Å². The fourth-order valence-electron chi connectivity index (χ4n) is 1.07. The van der Waals surface area contributed by atoms with E-state index in [1.807, 2.05) is 6.08 Å². The van der Waals surface area contributed by atoms with Gasteiger partial charge in [-0.2, -0.15) is 0 Å². The van der Waals surface area contributed by atoms with E-state index in [9.17, 15) is 0 Å². The Morgan fingerprint density at radius 3 is 2.75 bits per heavy atom. The van der Waals surface area contributed by atoms with Crippen LogP contribution < -0.4 is 0 Å². The van der Waals surface area contributed by atoms with Crippen LogP contribution in [0.3, 0.4) is 0 Å². The van der Waals surface area contributed by atoms with Crippen molar-refractivity contribution in [2.24, 2.45) is 0 Å². The highest BCUT2D eigenvalue weighted by atomic mass is 127. The number of benzene rings is 1. The second kappa shape index (κ2) is 4.08. The van der Waals surface area contributed by atoms with Gasteiger partial charge in [0.25, 0.3) is 0 Å². The molecule has 1 unspecified atom stereocenters. The van der Waals surface area contributed by atoms with Gasteiger partial charge < -0.3 is 0 Å². The van der Waals surface area contributed by atoms with Crippen molar-refractivity contribution >= 4 is 22.6 Å².